The number of carbonyl (C=O) groups excluding carboxylic acids is 6. The van der Waals surface area contributed by atoms with Gasteiger partial charge in [0.1, 0.15) is 35.9 Å². The minimum absolute atomic E-state index is 0.0533. The van der Waals surface area contributed by atoms with Gasteiger partial charge in [0, 0.05) is 43.0 Å². The molecule has 0 radical (unpaired) electrons. The average molecular weight is 755 g/mol. The van der Waals surface area contributed by atoms with Gasteiger partial charge < -0.3 is 46.4 Å². The predicted octanol–water partition coefficient (Wildman–Crippen LogP) is 0.669. The zero-order valence-electron chi connectivity index (χ0n) is 32.6. The van der Waals surface area contributed by atoms with Crippen LogP contribution in [0.5, 0.6) is 0 Å². The highest BCUT2D eigenvalue weighted by Crippen LogP contribution is 2.50. The first kappa shape index (κ1) is 41.1. The highest BCUT2D eigenvalue weighted by atomic mass is 16.3. The summed E-state index contributed by atoms with van der Waals surface area (Å²) in [6.07, 6.45) is -3.77. The Labute approximate surface area is 317 Å². The van der Waals surface area contributed by atoms with Crippen molar-refractivity contribution in [2.45, 2.75) is 142 Å². The number of Topliss-reactive ketones (excluding diaryl/α,β-unsaturated/α-hetero) is 1. The van der Waals surface area contributed by atoms with Crippen molar-refractivity contribution in [2.24, 2.45) is 23.7 Å². The quantitative estimate of drug-likeness (QED) is 0.223. The van der Waals surface area contributed by atoms with Crippen LogP contribution >= 0.6 is 0 Å². The topological polar surface area (TPSA) is 218 Å². The van der Waals surface area contributed by atoms with E-state index < -0.39 is 101 Å². The van der Waals surface area contributed by atoms with E-state index in [0.717, 1.165) is 10.5 Å². The third-order valence-electron chi connectivity index (χ3n) is 11.5. The van der Waals surface area contributed by atoms with Crippen molar-refractivity contribution >= 4 is 41.0 Å². The maximum atomic E-state index is 14.7. The van der Waals surface area contributed by atoms with E-state index in [-0.39, 0.29) is 50.5 Å². The number of nitrogens with zero attached hydrogens (tertiary/aromatic N) is 2. The molecule has 15 nitrogen and oxygen atoms in total. The minimum Gasteiger partial charge on any atom is -0.393 e. The number of nitrogens with one attached hydrogen (secondary N) is 4. The molecule has 7 N–H and O–H groups in total. The van der Waals surface area contributed by atoms with Gasteiger partial charge in [-0.25, -0.2) is 0 Å². The largest absolute Gasteiger partial charge is 0.393 e. The van der Waals surface area contributed by atoms with E-state index in [9.17, 15) is 44.1 Å². The summed E-state index contributed by atoms with van der Waals surface area (Å²) in [5.41, 5.74) is 0.123. The fourth-order valence-corrected chi connectivity index (χ4v) is 8.42. The maximum absolute atomic E-state index is 14.7. The molecule has 3 saturated heterocycles. The third kappa shape index (κ3) is 7.99. The molecule has 0 aromatic heterocycles. The van der Waals surface area contributed by atoms with Crippen LogP contribution in [-0.4, -0.2) is 116 Å². The number of aryl methyl sites for hydroxylation is 1. The Morgan fingerprint density at radius 2 is 1.48 bits per heavy atom. The number of ketones is 1. The monoisotopic (exact) mass is 754 g/mol. The molecule has 5 rings (SSSR count). The van der Waals surface area contributed by atoms with Gasteiger partial charge >= 0.3 is 0 Å². The molecule has 4 aliphatic rings. The van der Waals surface area contributed by atoms with Crippen molar-refractivity contribution in [1.82, 2.24) is 25.8 Å². The van der Waals surface area contributed by atoms with Gasteiger partial charge in [-0.15, -0.1) is 0 Å². The van der Waals surface area contributed by atoms with Crippen LogP contribution in [0.2, 0.25) is 0 Å². The summed E-state index contributed by atoms with van der Waals surface area (Å²) in [4.78, 5) is 88.2. The van der Waals surface area contributed by atoms with Gasteiger partial charge in [-0.2, -0.15) is 0 Å². The molecular weight excluding hydrogens is 696 g/mol. The van der Waals surface area contributed by atoms with Gasteiger partial charge in [0.25, 0.3) is 0 Å². The second-order valence-electron chi connectivity index (χ2n) is 16.9. The van der Waals surface area contributed by atoms with Gasteiger partial charge in [0.15, 0.2) is 5.78 Å². The molecule has 3 fully saturated rings. The molecule has 4 heterocycles. The van der Waals surface area contributed by atoms with Crippen LogP contribution in [-0.2, 0) is 34.4 Å². The SMILES string of the molecule is Cc1ccc2c(c1)[C@]1(O)C[C@H]3C(=O)N[C@H](C(C)C)C(=O)C[C@@H](C(C)C)C(=O)N4CC[C@H](O)C[C@@H]4C(=O)N[C@@H](CC(C)C)C(=O)N[C@H]([C@H](C)O)C(=O)N3[C@@H]1N2. The lowest BCUT2D eigenvalue weighted by molar-refractivity contribution is -0.151. The van der Waals surface area contributed by atoms with Gasteiger partial charge in [-0.05, 0) is 50.5 Å². The lowest BCUT2D eigenvalue weighted by atomic mass is 9.84. The zero-order valence-corrected chi connectivity index (χ0v) is 32.6. The average Bonchev–Trinajstić information content (AvgIpc) is 3.54. The Bertz CT molecular complexity index is 1650. The molecule has 54 heavy (non-hydrogen) atoms. The minimum atomic E-state index is -1.75. The van der Waals surface area contributed by atoms with Gasteiger partial charge in [-0.3, -0.25) is 28.8 Å². The summed E-state index contributed by atoms with van der Waals surface area (Å²) in [7, 11) is 0. The molecule has 0 spiro atoms. The highest BCUT2D eigenvalue weighted by molar-refractivity contribution is 5.99. The Kier molecular flexibility index (Phi) is 12.1. The molecule has 1 aromatic rings. The Morgan fingerprint density at radius 1 is 0.833 bits per heavy atom. The highest BCUT2D eigenvalue weighted by Gasteiger charge is 2.61. The summed E-state index contributed by atoms with van der Waals surface area (Å²) in [6, 6.07) is -1.00. The number of aliphatic hydroxyl groups is 3. The van der Waals surface area contributed by atoms with Crippen LogP contribution in [0, 0.1) is 30.6 Å². The summed E-state index contributed by atoms with van der Waals surface area (Å²) in [5.74, 6) is -5.62. The lowest BCUT2D eigenvalue weighted by Gasteiger charge is -2.40. The molecule has 10 atom stereocenters. The summed E-state index contributed by atoms with van der Waals surface area (Å²) in [6.45, 7) is 14.0. The molecule has 1 aromatic carbocycles. The number of piperidine rings is 1. The van der Waals surface area contributed by atoms with E-state index in [4.69, 9.17) is 0 Å². The number of carbonyl (C=O) groups is 6. The molecule has 0 unspecified atom stereocenters. The fourth-order valence-electron chi connectivity index (χ4n) is 8.42. The smallest absolute Gasteiger partial charge is 0.250 e. The fraction of sp³-hybridized carbons (Fsp3) is 0.692. The van der Waals surface area contributed by atoms with Crippen LogP contribution < -0.4 is 21.3 Å². The first-order chi connectivity index (χ1) is 25.2. The van der Waals surface area contributed by atoms with Crippen LogP contribution in [0.3, 0.4) is 0 Å². The summed E-state index contributed by atoms with van der Waals surface area (Å²) in [5, 5.41) is 45.3. The predicted molar refractivity (Wildman–Crippen MR) is 198 cm³/mol. The number of fused-ring (bicyclic) bond motifs is 6. The Hall–Kier alpha value is -4.08. The Morgan fingerprint density at radius 3 is 2.09 bits per heavy atom. The number of amides is 5. The van der Waals surface area contributed by atoms with E-state index in [2.05, 4.69) is 21.3 Å². The number of anilines is 1. The van der Waals surface area contributed by atoms with Crippen LogP contribution in [0.15, 0.2) is 18.2 Å². The van der Waals surface area contributed by atoms with Crippen LogP contribution in [0.4, 0.5) is 5.69 Å². The van der Waals surface area contributed by atoms with Crippen molar-refractivity contribution in [3.63, 3.8) is 0 Å². The standard InChI is InChI=1S/C39H58N6O9/c1-18(2)13-27-33(49)43-32(22(8)46)37(53)45-29(17-39(54)25-14-21(7)9-10-26(25)41-38(39)45)35(51)42-31(20(5)6)30(48)16-24(19(3)4)36(52)44-12-11-23(47)15-28(44)34(50)40-27/h9-10,14,18-20,22-24,27-29,31-32,38,41,46-47,54H,11-13,15-17H2,1-8H3,(H,40,50)(H,42,51)(H,43,49)/t22-,23-,24-,27-,28+,29-,31+,32+,38-,39+/m0/s1. The first-order valence-corrected chi connectivity index (χ1v) is 19.3. The number of hydrogen-bond donors (Lipinski definition) is 7. The number of aliphatic hydroxyl groups excluding tert-OH is 2. The molecule has 15 heteroatoms. The third-order valence-corrected chi connectivity index (χ3v) is 11.5. The van der Waals surface area contributed by atoms with Gasteiger partial charge in [0.2, 0.25) is 29.5 Å². The number of benzene rings is 1. The van der Waals surface area contributed by atoms with Crippen molar-refractivity contribution in [2.75, 3.05) is 11.9 Å². The van der Waals surface area contributed by atoms with Crippen molar-refractivity contribution in [3.8, 4) is 0 Å². The van der Waals surface area contributed by atoms with E-state index in [0.29, 0.717) is 11.3 Å². The second kappa shape index (κ2) is 16.0. The van der Waals surface area contributed by atoms with Crippen LogP contribution in [0.25, 0.3) is 0 Å². The molecule has 0 bridgehead atoms. The molecule has 0 saturated carbocycles. The Balaban J connectivity index is 1.62. The maximum Gasteiger partial charge on any atom is 0.250 e. The molecule has 4 aliphatic heterocycles. The van der Waals surface area contributed by atoms with E-state index >= 15 is 0 Å². The van der Waals surface area contributed by atoms with Crippen molar-refractivity contribution < 1.29 is 44.1 Å². The van der Waals surface area contributed by atoms with E-state index in [1.54, 1.807) is 39.8 Å². The van der Waals surface area contributed by atoms with Crippen LogP contribution in [0.1, 0.15) is 91.7 Å². The molecular formula is C39H58N6O9. The first-order valence-electron chi connectivity index (χ1n) is 19.3. The van der Waals surface area contributed by atoms with Crippen molar-refractivity contribution in [1.29, 1.82) is 0 Å². The zero-order chi connectivity index (χ0) is 40.0. The molecule has 0 aliphatic carbocycles. The van der Waals surface area contributed by atoms with E-state index in [1.165, 1.54) is 11.8 Å². The van der Waals surface area contributed by atoms with Gasteiger partial charge in [-0.1, -0.05) is 59.2 Å². The van der Waals surface area contributed by atoms with Crippen molar-refractivity contribution in [3.05, 3.63) is 29.3 Å². The van der Waals surface area contributed by atoms with E-state index in [1.807, 2.05) is 26.8 Å². The molecule has 298 valence electrons. The van der Waals surface area contributed by atoms with Gasteiger partial charge in [0.05, 0.1) is 18.2 Å². The second-order valence-corrected chi connectivity index (χ2v) is 16.9. The summed E-state index contributed by atoms with van der Waals surface area (Å²) >= 11 is 0. The summed E-state index contributed by atoms with van der Waals surface area (Å²) < 4.78 is 0. The number of rotatable bonds is 5. The number of hydrogen-bond acceptors (Lipinski definition) is 10. The molecule has 5 amide bonds. The lowest BCUT2D eigenvalue weighted by Crippen LogP contribution is -2.64. The normalized spacial score (nSPS) is 33.3.